The average Bonchev–Trinajstić information content (AvgIpc) is 2.73. The minimum Gasteiger partial charge on any atom is -0.454 e. The van der Waals surface area contributed by atoms with E-state index in [1.165, 1.54) is 0 Å². The fourth-order valence-electron chi connectivity index (χ4n) is 1.50. The van der Waals surface area contributed by atoms with E-state index in [-0.39, 0.29) is 12.7 Å². The summed E-state index contributed by atoms with van der Waals surface area (Å²) < 4.78 is 10.4. The van der Waals surface area contributed by atoms with Gasteiger partial charge < -0.3 is 9.47 Å². The topological polar surface area (TPSA) is 35.5 Å². The van der Waals surface area contributed by atoms with Gasteiger partial charge >= 0.3 is 0 Å². The number of hydrogen-bond donors (Lipinski definition) is 1. The SMILES string of the molecule is O=[C]C(CS)Cc1ccc2c(c1)OCO2. The highest BCUT2D eigenvalue weighted by molar-refractivity contribution is 7.80. The summed E-state index contributed by atoms with van der Waals surface area (Å²) in [5.74, 6) is 1.86. The van der Waals surface area contributed by atoms with Crippen LogP contribution in [0, 0.1) is 5.92 Å². The second-order valence-electron chi connectivity index (χ2n) is 3.39. The lowest BCUT2D eigenvalue weighted by atomic mass is 10.0. The predicted molar refractivity (Wildman–Crippen MR) is 59.3 cm³/mol. The van der Waals surface area contributed by atoms with E-state index < -0.39 is 0 Å². The van der Waals surface area contributed by atoms with E-state index in [1.54, 1.807) is 0 Å². The summed E-state index contributed by atoms with van der Waals surface area (Å²) in [4.78, 5) is 10.5. The van der Waals surface area contributed by atoms with Gasteiger partial charge in [0.15, 0.2) is 11.5 Å². The first-order chi connectivity index (χ1) is 7.33. The van der Waals surface area contributed by atoms with Gasteiger partial charge in [-0.3, -0.25) is 4.79 Å². The van der Waals surface area contributed by atoms with Crippen LogP contribution in [0.1, 0.15) is 5.56 Å². The molecule has 4 heteroatoms. The molecule has 1 atom stereocenters. The van der Waals surface area contributed by atoms with Crippen LogP contribution in [-0.4, -0.2) is 18.8 Å². The van der Waals surface area contributed by atoms with Crippen LogP contribution in [0.4, 0.5) is 0 Å². The lowest BCUT2D eigenvalue weighted by Crippen LogP contribution is -2.07. The Kier molecular flexibility index (Phi) is 3.16. The number of benzene rings is 1. The summed E-state index contributed by atoms with van der Waals surface area (Å²) in [5.41, 5.74) is 1.04. The molecule has 3 nitrogen and oxygen atoms in total. The fraction of sp³-hybridized carbons (Fsp3) is 0.364. The van der Waals surface area contributed by atoms with Crippen LogP contribution in [0.3, 0.4) is 0 Å². The summed E-state index contributed by atoms with van der Waals surface area (Å²) in [6.07, 6.45) is 2.61. The van der Waals surface area contributed by atoms with E-state index in [9.17, 15) is 4.79 Å². The van der Waals surface area contributed by atoms with Gasteiger partial charge in [0.25, 0.3) is 0 Å². The molecule has 1 unspecified atom stereocenters. The monoisotopic (exact) mass is 223 g/mol. The van der Waals surface area contributed by atoms with Gasteiger partial charge in [0.05, 0.1) is 0 Å². The number of rotatable bonds is 4. The summed E-state index contributed by atoms with van der Waals surface area (Å²) in [7, 11) is 0. The minimum atomic E-state index is -0.159. The van der Waals surface area contributed by atoms with Gasteiger partial charge in [-0.05, 0) is 24.1 Å². The number of hydrogen-bond acceptors (Lipinski definition) is 4. The van der Waals surface area contributed by atoms with Crippen LogP contribution in [0.25, 0.3) is 0 Å². The number of carbonyl (C=O) groups excluding carboxylic acids is 1. The first-order valence-electron chi connectivity index (χ1n) is 4.70. The molecule has 2 rings (SSSR count). The van der Waals surface area contributed by atoms with Crippen LogP contribution in [0.5, 0.6) is 11.5 Å². The second kappa shape index (κ2) is 4.57. The number of thiol groups is 1. The molecule has 79 valence electrons. The van der Waals surface area contributed by atoms with Crippen molar-refractivity contribution < 1.29 is 14.3 Å². The van der Waals surface area contributed by atoms with Crippen molar-refractivity contribution in [2.24, 2.45) is 5.92 Å². The van der Waals surface area contributed by atoms with Crippen LogP contribution in [-0.2, 0) is 11.2 Å². The molecule has 0 fully saturated rings. The van der Waals surface area contributed by atoms with Crippen LogP contribution < -0.4 is 9.47 Å². The van der Waals surface area contributed by atoms with E-state index in [4.69, 9.17) is 9.47 Å². The van der Waals surface area contributed by atoms with Crippen LogP contribution >= 0.6 is 12.6 Å². The van der Waals surface area contributed by atoms with Gasteiger partial charge in [-0.25, -0.2) is 0 Å². The number of fused-ring (bicyclic) bond motifs is 1. The standard InChI is InChI=1S/C11H11O3S/c12-5-9(6-15)3-8-1-2-10-11(4-8)14-7-13-10/h1-2,4,9,15H,3,6-7H2. The predicted octanol–water partition coefficient (Wildman–Crippen LogP) is 1.61. The molecule has 0 bridgehead atoms. The molecule has 0 spiro atoms. The Balaban J connectivity index is 2.12. The van der Waals surface area contributed by atoms with Gasteiger partial charge in [-0.1, -0.05) is 6.07 Å². The normalized spacial score (nSPS) is 15.0. The van der Waals surface area contributed by atoms with E-state index in [2.05, 4.69) is 12.6 Å². The molecule has 1 aromatic rings. The lowest BCUT2D eigenvalue weighted by Gasteiger charge is -2.06. The minimum absolute atomic E-state index is 0.159. The zero-order chi connectivity index (χ0) is 10.7. The van der Waals surface area contributed by atoms with E-state index in [0.717, 1.165) is 17.1 Å². The van der Waals surface area contributed by atoms with Gasteiger partial charge in [-0.15, -0.1) is 0 Å². The summed E-state index contributed by atoms with van der Waals surface area (Å²) >= 11 is 4.09. The van der Waals surface area contributed by atoms with E-state index >= 15 is 0 Å². The molecule has 1 heterocycles. The molecular formula is C11H11O3S. The van der Waals surface area contributed by atoms with Crippen LogP contribution in [0.15, 0.2) is 18.2 Å². The molecule has 0 saturated heterocycles. The average molecular weight is 223 g/mol. The Hall–Kier alpha value is -1.16. The Morgan fingerprint density at radius 2 is 2.20 bits per heavy atom. The molecule has 1 radical (unpaired) electrons. The highest BCUT2D eigenvalue weighted by Gasteiger charge is 2.15. The maximum absolute atomic E-state index is 10.5. The Labute approximate surface area is 93.8 Å². The Bertz CT molecular complexity index is 365. The number of ether oxygens (including phenoxy) is 2. The molecule has 0 aliphatic carbocycles. The molecule has 0 aromatic heterocycles. The third kappa shape index (κ3) is 2.26. The van der Waals surface area contributed by atoms with Crippen molar-refractivity contribution in [1.29, 1.82) is 0 Å². The van der Waals surface area contributed by atoms with E-state index in [1.807, 2.05) is 24.5 Å². The van der Waals surface area contributed by atoms with Crippen molar-refractivity contribution in [2.75, 3.05) is 12.5 Å². The quantitative estimate of drug-likeness (QED) is 0.788. The maximum Gasteiger partial charge on any atom is 0.231 e. The smallest absolute Gasteiger partial charge is 0.231 e. The molecule has 0 N–H and O–H groups in total. The fourth-order valence-corrected chi connectivity index (χ4v) is 1.70. The summed E-state index contributed by atoms with van der Waals surface area (Å²) in [6.45, 7) is 0.272. The van der Waals surface area contributed by atoms with Crippen molar-refractivity contribution in [1.82, 2.24) is 0 Å². The largest absolute Gasteiger partial charge is 0.454 e. The van der Waals surface area contributed by atoms with Crippen molar-refractivity contribution >= 4 is 18.9 Å². The van der Waals surface area contributed by atoms with Crippen molar-refractivity contribution in [3.63, 3.8) is 0 Å². The molecule has 0 saturated carbocycles. The van der Waals surface area contributed by atoms with Gasteiger partial charge in [-0.2, -0.15) is 12.6 Å². The summed E-state index contributed by atoms with van der Waals surface area (Å²) in [6, 6.07) is 5.69. The Morgan fingerprint density at radius 1 is 1.40 bits per heavy atom. The van der Waals surface area contributed by atoms with Crippen molar-refractivity contribution in [2.45, 2.75) is 6.42 Å². The van der Waals surface area contributed by atoms with Gasteiger partial charge in [0.2, 0.25) is 13.1 Å². The molecule has 1 aliphatic heterocycles. The first kappa shape index (κ1) is 10.4. The molecular weight excluding hydrogens is 212 g/mol. The summed E-state index contributed by atoms with van der Waals surface area (Å²) in [5, 5.41) is 0. The zero-order valence-electron chi connectivity index (χ0n) is 8.10. The first-order valence-corrected chi connectivity index (χ1v) is 5.34. The lowest BCUT2D eigenvalue weighted by molar-refractivity contribution is 0.174. The molecule has 0 amide bonds. The molecule has 1 aromatic carbocycles. The molecule has 1 aliphatic rings. The highest BCUT2D eigenvalue weighted by Crippen LogP contribution is 2.32. The van der Waals surface area contributed by atoms with Gasteiger partial charge in [0, 0.05) is 11.7 Å². The maximum atomic E-state index is 10.5. The Morgan fingerprint density at radius 3 is 2.93 bits per heavy atom. The second-order valence-corrected chi connectivity index (χ2v) is 3.75. The van der Waals surface area contributed by atoms with Crippen LogP contribution in [0.2, 0.25) is 0 Å². The van der Waals surface area contributed by atoms with Gasteiger partial charge in [0.1, 0.15) is 0 Å². The highest BCUT2D eigenvalue weighted by atomic mass is 32.1. The zero-order valence-corrected chi connectivity index (χ0v) is 9.00. The van der Waals surface area contributed by atoms with Crippen molar-refractivity contribution in [3.8, 4) is 11.5 Å². The van der Waals surface area contributed by atoms with E-state index in [0.29, 0.717) is 12.2 Å². The third-order valence-corrected chi connectivity index (χ3v) is 2.75. The third-order valence-electron chi connectivity index (χ3n) is 2.31. The molecule has 15 heavy (non-hydrogen) atoms. The van der Waals surface area contributed by atoms with Crippen molar-refractivity contribution in [3.05, 3.63) is 23.8 Å².